The Morgan fingerprint density at radius 3 is 3.00 bits per heavy atom. The Kier molecular flexibility index (Phi) is 4.71. The maximum atomic E-state index is 11.7. The van der Waals surface area contributed by atoms with E-state index in [-0.39, 0.29) is 11.4 Å². The highest BCUT2D eigenvalue weighted by Crippen LogP contribution is 2.14. The van der Waals surface area contributed by atoms with Crippen LogP contribution >= 0.6 is 11.6 Å². The number of allylic oxidation sites excluding steroid dienone is 1. The second-order valence-corrected chi connectivity index (χ2v) is 3.67. The molecule has 17 heavy (non-hydrogen) atoms. The molecule has 0 spiro atoms. The molecule has 1 aromatic rings. The zero-order valence-electron chi connectivity index (χ0n) is 9.15. The molecule has 0 saturated heterocycles. The first-order chi connectivity index (χ1) is 8.06. The van der Waals surface area contributed by atoms with Crippen LogP contribution in [0.25, 0.3) is 0 Å². The van der Waals surface area contributed by atoms with Crippen molar-refractivity contribution in [3.63, 3.8) is 0 Å². The number of rotatable bonds is 6. The monoisotopic (exact) mass is 256 g/mol. The van der Waals surface area contributed by atoms with E-state index in [4.69, 9.17) is 17.3 Å². The van der Waals surface area contributed by atoms with Crippen LogP contribution in [0.3, 0.4) is 0 Å². The molecule has 1 rings (SSSR count). The van der Waals surface area contributed by atoms with E-state index in [1.807, 2.05) is 0 Å². The molecule has 3 N–H and O–H groups in total. The highest BCUT2D eigenvalue weighted by Gasteiger charge is 2.08. The summed E-state index contributed by atoms with van der Waals surface area (Å²) >= 11 is 5.86. The molecule has 0 fully saturated rings. The van der Waals surface area contributed by atoms with Crippen molar-refractivity contribution in [1.82, 2.24) is 9.78 Å². The summed E-state index contributed by atoms with van der Waals surface area (Å²) in [7, 11) is 0. The molecule has 1 heterocycles. The van der Waals surface area contributed by atoms with Crippen molar-refractivity contribution in [2.75, 3.05) is 11.9 Å². The Balaban J connectivity index is 2.81. The summed E-state index contributed by atoms with van der Waals surface area (Å²) < 4.78 is 1.19. The first kappa shape index (κ1) is 13.2. The molecule has 0 saturated carbocycles. The fourth-order valence-corrected chi connectivity index (χ4v) is 1.37. The minimum Gasteiger partial charge on any atom is -0.382 e. The quantitative estimate of drug-likeness (QED) is 0.720. The van der Waals surface area contributed by atoms with E-state index >= 15 is 0 Å². The number of hydrogen-bond acceptors (Lipinski definition) is 4. The largest absolute Gasteiger partial charge is 0.382 e. The maximum Gasteiger partial charge on any atom is 0.287 e. The summed E-state index contributed by atoms with van der Waals surface area (Å²) in [6.07, 6.45) is 3.13. The third-order valence-corrected chi connectivity index (χ3v) is 2.34. The van der Waals surface area contributed by atoms with Crippen molar-refractivity contribution in [2.24, 2.45) is 5.73 Å². The molecule has 0 radical (unpaired) electrons. The van der Waals surface area contributed by atoms with Crippen LogP contribution < -0.4 is 16.6 Å². The summed E-state index contributed by atoms with van der Waals surface area (Å²) in [5, 5.41) is 6.75. The Hall–Kier alpha value is -1.82. The van der Waals surface area contributed by atoms with Gasteiger partial charge in [-0.15, -0.1) is 6.58 Å². The maximum absolute atomic E-state index is 11.7. The number of anilines is 1. The molecule has 0 atom stereocenters. The number of primary amides is 1. The van der Waals surface area contributed by atoms with E-state index in [0.717, 1.165) is 0 Å². The van der Waals surface area contributed by atoms with E-state index < -0.39 is 11.5 Å². The first-order valence-electron chi connectivity index (χ1n) is 4.95. The molecule has 1 amide bonds. The number of amides is 1. The number of carbonyl (C=O) groups excluding carboxylic acids is 1. The fraction of sp³-hybridized carbons (Fsp3) is 0.300. The van der Waals surface area contributed by atoms with Crippen LogP contribution in [0, 0.1) is 0 Å². The van der Waals surface area contributed by atoms with E-state index in [0.29, 0.717) is 18.8 Å². The molecule has 92 valence electrons. The van der Waals surface area contributed by atoms with Crippen molar-refractivity contribution >= 4 is 23.2 Å². The Labute approximate surface area is 103 Å². The van der Waals surface area contributed by atoms with Gasteiger partial charge in [0.1, 0.15) is 5.02 Å². The van der Waals surface area contributed by atoms with Crippen molar-refractivity contribution in [1.29, 1.82) is 0 Å². The molecule has 0 aromatic carbocycles. The van der Waals surface area contributed by atoms with Crippen molar-refractivity contribution in [2.45, 2.75) is 13.0 Å². The molecular formula is C10H13ClN4O2. The van der Waals surface area contributed by atoms with E-state index in [2.05, 4.69) is 17.0 Å². The lowest BCUT2D eigenvalue weighted by molar-refractivity contribution is -0.117. The van der Waals surface area contributed by atoms with Crippen molar-refractivity contribution < 1.29 is 4.79 Å². The molecule has 0 aliphatic carbocycles. The summed E-state index contributed by atoms with van der Waals surface area (Å²) in [6.45, 7) is 4.11. The molecule has 7 heteroatoms. The van der Waals surface area contributed by atoms with Gasteiger partial charge in [-0.3, -0.25) is 9.59 Å². The number of nitrogens with zero attached hydrogens (tertiary/aromatic N) is 2. The van der Waals surface area contributed by atoms with Gasteiger partial charge in [-0.25, -0.2) is 4.68 Å². The average molecular weight is 257 g/mol. The Bertz CT molecular complexity index is 484. The molecule has 0 aliphatic heterocycles. The van der Waals surface area contributed by atoms with Gasteiger partial charge in [-0.2, -0.15) is 5.10 Å². The van der Waals surface area contributed by atoms with Crippen molar-refractivity contribution in [3.8, 4) is 0 Å². The van der Waals surface area contributed by atoms with Gasteiger partial charge in [0, 0.05) is 13.0 Å². The molecule has 0 aliphatic rings. The van der Waals surface area contributed by atoms with Gasteiger partial charge in [0.25, 0.3) is 5.56 Å². The summed E-state index contributed by atoms with van der Waals surface area (Å²) in [5.74, 6) is -0.429. The number of hydrogen-bond donors (Lipinski definition) is 2. The lowest BCUT2D eigenvalue weighted by Gasteiger charge is -2.08. The van der Waals surface area contributed by atoms with Gasteiger partial charge < -0.3 is 11.1 Å². The predicted octanol–water partition coefficient (Wildman–Crippen LogP) is 0.370. The number of nitrogens with one attached hydrogen (secondary N) is 1. The van der Waals surface area contributed by atoms with Gasteiger partial charge in [0.05, 0.1) is 18.4 Å². The van der Waals surface area contributed by atoms with Gasteiger partial charge >= 0.3 is 0 Å². The zero-order valence-corrected chi connectivity index (χ0v) is 9.91. The lowest BCUT2D eigenvalue weighted by Crippen LogP contribution is -2.24. The summed E-state index contributed by atoms with van der Waals surface area (Å²) in [6, 6.07) is 0. The number of carbonyl (C=O) groups is 1. The van der Waals surface area contributed by atoms with Gasteiger partial charge in [-0.1, -0.05) is 17.7 Å². The SMILES string of the molecule is C=CCn1ncc(NCCC(N)=O)c(Cl)c1=O. The van der Waals surface area contributed by atoms with Crippen LogP contribution in [-0.2, 0) is 11.3 Å². The highest BCUT2D eigenvalue weighted by atomic mass is 35.5. The normalized spacial score (nSPS) is 9.94. The first-order valence-corrected chi connectivity index (χ1v) is 5.32. The number of nitrogens with two attached hydrogens (primary N) is 1. The number of aromatic nitrogens is 2. The van der Waals surface area contributed by atoms with Crippen LogP contribution in [0.15, 0.2) is 23.6 Å². The summed E-state index contributed by atoms with van der Waals surface area (Å²) in [4.78, 5) is 22.2. The van der Waals surface area contributed by atoms with Crippen LogP contribution in [0.5, 0.6) is 0 Å². The van der Waals surface area contributed by atoms with Crippen LogP contribution in [0.1, 0.15) is 6.42 Å². The topological polar surface area (TPSA) is 90.0 Å². The molecule has 1 aromatic heterocycles. The average Bonchev–Trinajstić information content (AvgIpc) is 2.28. The predicted molar refractivity (Wildman–Crippen MR) is 66.0 cm³/mol. The zero-order chi connectivity index (χ0) is 12.8. The molecular weight excluding hydrogens is 244 g/mol. The fourth-order valence-electron chi connectivity index (χ4n) is 1.16. The minimum atomic E-state index is -0.429. The third kappa shape index (κ3) is 3.60. The molecule has 6 nitrogen and oxygen atoms in total. The minimum absolute atomic E-state index is 0.0336. The molecule has 0 bridgehead atoms. The van der Waals surface area contributed by atoms with Gasteiger partial charge in [0.2, 0.25) is 5.91 Å². The standard InChI is InChI=1S/C10H13ClN4O2/c1-2-5-15-10(17)9(11)7(6-14-15)13-4-3-8(12)16/h2,6,13H,1,3-5H2,(H2,12,16). The van der Waals surface area contributed by atoms with Gasteiger partial charge in [-0.05, 0) is 0 Å². The van der Waals surface area contributed by atoms with Gasteiger partial charge in [0.15, 0.2) is 0 Å². The van der Waals surface area contributed by atoms with Crippen LogP contribution in [0.4, 0.5) is 5.69 Å². The van der Waals surface area contributed by atoms with Crippen LogP contribution in [-0.4, -0.2) is 22.2 Å². The van der Waals surface area contributed by atoms with Crippen LogP contribution in [0.2, 0.25) is 5.02 Å². The third-order valence-electron chi connectivity index (χ3n) is 1.97. The van der Waals surface area contributed by atoms with E-state index in [1.54, 1.807) is 6.08 Å². The second-order valence-electron chi connectivity index (χ2n) is 3.29. The lowest BCUT2D eigenvalue weighted by atomic mass is 10.4. The summed E-state index contributed by atoms with van der Waals surface area (Å²) in [5.41, 5.74) is 4.96. The Morgan fingerprint density at radius 1 is 1.71 bits per heavy atom. The highest BCUT2D eigenvalue weighted by molar-refractivity contribution is 6.32. The van der Waals surface area contributed by atoms with E-state index in [1.165, 1.54) is 10.9 Å². The second kappa shape index (κ2) is 6.05. The van der Waals surface area contributed by atoms with Crippen molar-refractivity contribution in [3.05, 3.63) is 34.2 Å². The molecule has 0 unspecified atom stereocenters. The smallest absolute Gasteiger partial charge is 0.287 e. The Morgan fingerprint density at radius 2 is 2.41 bits per heavy atom. The van der Waals surface area contributed by atoms with E-state index in [9.17, 15) is 9.59 Å². The number of halogens is 1.